The van der Waals surface area contributed by atoms with Crippen molar-refractivity contribution < 1.29 is 4.79 Å². The first kappa shape index (κ1) is 25.6. The number of likely N-dealkylation sites (tertiary alicyclic amines) is 1. The van der Waals surface area contributed by atoms with Crippen LogP contribution in [0.4, 0.5) is 0 Å². The first-order valence-electron chi connectivity index (χ1n) is 13.3. The first-order chi connectivity index (χ1) is 17.2. The van der Waals surface area contributed by atoms with E-state index < -0.39 is 7.26 Å². The molecule has 0 radical (unpaired) electrons. The topological polar surface area (TPSA) is 32.3 Å². The average molecular weight is 489 g/mol. The molecule has 3 aromatic rings. The van der Waals surface area contributed by atoms with Crippen LogP contribution in [0.1, 0.15) is 44.9 Å². The third-order valence-electron chi connectivity index (χ3n) is 7.59. The Balaban J connectivity index is 1.37. The summed E-state index contributed by atoms with van der Waals surface area (Å²) in [7, 11) is 0.0315. The molecule has 1 amide bonds. The summed E-state index contributed by atoms with van der Waals surface area (Å²) in [5, 5.41) is 7.70. The van der Waals surface area contributed by atoms with Crippen molar-refractivity contribution in [1.82, 2.24) is 10.2 Å². The quantitative estimate of drug-likeness (QED) is 0.308. The zero-order valence-electron chi connectivity index (χ0n) is 21.2. The summed E-state index contributed by atoms with van der Waals surface area (Å²) in [5.41, 5.74) is 0. The number of rotatable bonds is 11. The van der Waals surface area contributed by atoms with E-state index in [2.05, 4.69) is 108 Å². The van der Waals surface area contributed by atoms with Crippen LogP contribution in [0, 0.1) is 0 Å². The van der Waals surface area contributed by atoms with Gasteiger partial charge in [0.1, 0.15) is 0 Å². The van der Waals surface area contributed by atoms with Crippen molar-refractivity contribution in [3.63, 3.8) is 0 Å². The molecule has 1 aliphatic rings. The third kappa shape index (κ3) is 6.81. The van der Waals surface area contributed by atoms with Gasteiger partial charge in [-0.15, -0.1) is 0 Å². The van der Waals surface area contributed by atoms with Gasteiger partial charge in [-0.3, -0.25) is 0 Å². The van der Waals surface area contributed by atoms with Gasteiger partial charge < -0.3 is 0 Å². The van der Waals surface area contributed by atoms with Gasteiger partial charge in [-0.25, -0.2) is 0 Å². The predicted molar refractivity (Wildman–Crippen MR) is 153 cm³/mol. The van der Waals surface area contributed by atoms with Crippen molar-refractivity contribution in [2.24, 2.45) is 0 Å². The molecular formula is C31H41N2OP. The van der Waals surface area contributed by atoms with E-state index in [1.54, 1.807) is 0 Å². The Morgan fingerprint density at radius 2 is 1.20 bits per heavy atom. The molecule has 0 atom stereocenters. The van der Waals surface area contributed by atoms with E-state index in [1.165, 1.54) is 34.9 Å². The average Bonchev–Trinajstić information content (AvgIpc) is 2.91. The number of nitrogens with one attached hydrogen (secondary N) is 1. The van der Waals surface area contributed by atoms with Crippen LogP contribution < -0.4 is 21.2 Å². The van der Waals surface area contributed by atoms with Gasteiger partial charge in [-0.2, -0.15) is 0 Å². The number of carbonyl (C=O) groups excluding carboxylic acids is 1. The van der Waals surface area contributed by atoms with Crippen LogP contribution in [-0.4, -0.2) is 43.1 Å². The fraction of sp³-hybridized carbons (Fsp3) is 0.387. The molecule has 0 bridgehead atoms. The van der Waals surface area contributed by atoms with Gasteiger partial charge >= 0.3 is 205 Å². The van der Waals surface area contributed by atoms with Crippen molar-refractivity contribution >= 4 is 29.1 Å². The van der Waals surface area contributed by atoms with E-state index >= 15 is 0 Å². The Hall–Kier alpha value is -2.48. The molecule has 3 aromatic carbocycles. The van der Waals surface area contributed by atoms with Crippen molar-refractivity contribution in [2.75, 3.05) is 26.3 Å². The van der Waals surface area contributed by atoms with Crippen molar-refractivity contribution in [3.8, 4) is 0 Å². The standard InChI is InChI=1S/C31H41N2OP/c1-33-24-22-27(23-25-33)32-31(34)21-13-2-3-14-26-35(28-15-7-4-8-16-28,29-17-9-5-10-18-29)30-19-11-6-12-20-30/h4-12,15-20,27,35H,2-3,13-14,21-26H2,1H3,(H,32,34). The number of amides is 1. The van der Waals surface area contributed by atoms with Crippen LogP contribution in [-0.2, 0) is 4.79 Å². The van der Waals surface area contributed by atoms with E-state index in [4.69, 9.17) is 0 Å². The molecule has 0 unspecified atom stereocenters. The van der Waals surface area contributed by atoms with Crippen LogP contribution in [0.2, 0.25) is 0 Å². The SMILES string of the molecule is CN1CCC(NC(=O)CCCCCC[PH](c2ccccc2)(c2ccccc2)c2ccccc2)CC1. The fourth-order valence-corrected chi connectivity index (χ4v) is 10.5. The van der Waals surface area contributed by atoms with Crippen LogP contribution in [0.15, 0.2) is 91.0 Å². The molecule has 4 heteroatoms. The number of nitrogens with zero attached hydrogens (tertiary/aromatic N) is 1. The number of benzene rings is 3. The van der Waals surface area contributed by atoms with E-state index in [1.807, 2.05) is 0 Å². The fourth-order valence-electron chi connectivity index (χ4n) is 5.58. The van der Waals surface area contributed by atoms with Crippen LogP contribution >= 0.6 is 7.26 Å². The normalized spacial score (nSPS) is 15.6. The van der Waals surface area contributed by atoms with Crippen LogP contribution in [0.3, 0.4) is 0 Å². The number of carbonyl (C=O) groups is 1. The van der Waals surface area contributed by atoms with Gasteiger partial charge in [0.15, 0.2) is 0 Å². The Kier molecular flexibility index (Phi) is 9.51. The zero-order chi connectivity index (χ0) is 24.3. The summed E-state index contributed by atoms with van der Waals surface area (Å²) in [4.78, 5) is 14.8. The maximum atomic E-state index is 12.4. The van der Waals surface area contributed by atoms with Crippen molar-refractivity contribution in [3.05, 3.63) is 91.0 Å². The van der Waals surface area contributed by atoms with Gasteiger partial charge in [-0.05, 0) is 7.05 Å². The summed E-state index contributed by atoms with van der Waals surface area (Å²) in [5.74, 6) is 0.237. The Labute approximate surface area is 212 Å². The number of unbranched alkanes of at least 4 members (excludes halogenated alkanes) is 3. The summed E-state index contributed by atoms with van der Waals surface area (Å²) in [6.07, 6.45) is 8.45. The molecule has 0 saturated carbocycles. The molecule has 4 rings (SSSR count). The van der Waals surface area contributed by atoms with Gasteiger partial charge in [0.25, 0.3) is 0 Å². The minimum absolute atomic E-state index is 0.237. The second-order valence-corrected chi connectivity index (χ2v) is 14.1. The molecule has 1 saturated heterocycles. The Morgan fingerprint density at radius 3 is 1.69 bits per heavy atom. The van der Waals surface area contributed by atoms with E-state index in [-0.39, 0.29) is 5.91 Å². The third-order valence-corrected chi connectivity index (χ3v) is 12.6. The van der Waals surface area contributed by atoms with Gasteiger partial charge in [-0.1, -0.05) is 0 Å². The van der Waals surface area contributed by atoms with Gasteiger partial charge in [0, 0.05) is 0 Å². The predicted octanol–water partition coefficient (Wildman–Crippen LogP) is 4.87. The summed E-state index contributed by atoms with van der Waals surface area (Å²) >= 11 is 0. The molecular weight excluding hydrogens is 447 g/mol. The first-order valence-corrected chi connectivity index (χ1v) is 15.5. The zero-order valence-corrected chi connectivity index (χ0v) is 22.2. The summed E-state index contributed by atoms with van der Waals surface area (Å²) < 4.78 is 0. The summed E-state index contributed by atoms with van der Waals surface area (Å²) in [6, 6.07) is 33.8. The van der Waals surface area contributed by atoms with Crippen molar-refractivity contribution in [2.45, 2.75) is 51.0 Å². The molecule has 0 spiro atoms. The van der Waals surface area contributed by atoms with Crippen LogP contribution in [0.5, 0.6) is 0 Å². The van der Waals surface area contributed by atoms with Gasteiger partial charge in [0.2, 0.25) is 0 Å². The number of hydrogen-bond acceptors (Lipinski definition) is 2. The molecule has 1 aliphatic heterocycles. The molecule has 186 valence electrons. The summed E-state index contributed by atoms with van der Waals surface area (Å²) in [6.45, 7) is 2.17. The molecule has 1 fully saturated rings. The molecule has 3 nitrogen and oxygen atoms in total. The second-order valence-electron chi connectivity index (χ2n) is 10.1. The number of hydrogen-bond donors (Lipinski definition) is 1. The minimum atomic E-state index is -2.12. The Morgan fingerprint density at radius 1 is 0.743 bits per heavy atom. The molecule has 1 heterocycles. The monoisotopic (exact) mass is 488 g/mol. The molecule has 0 aliphatic carbocycles. The van der Waals surface area contributed by atoms with Gasteiger partial charge in [0.05, 0.1) is 0 Å². The molecule has 35 heavy (non-hydrogen) atoms. The van der Waals surface area contributed by atoms with Crippen molar-refractivity contribution in [1.29, 1.82) is 0 Å². The van der Waals surface area contributed by atoms with Crippen LogP contribution in [0.25, 0.3) is 0 Å². The molecule has 1 N–H and O–H groups in total. The Bertz CT molecular complexity index is 921. The molecule has 0 aromatic heterocycles. The number of piperidine rings is 1. The second kappa shape index (κ2) is 13.0. The maximum absolute atomic E-state index is 12.4. The van der Waals surface area contributed by atoms with E-state index in [0.717, 1.165) is 38.8 Å². The van der Waals surface area contributed by atoms with E-state index in [9.17, 15) is 4.79 Å². The van der Waals surface area contributed by atoms with E-state index in [0.29, 0.717) is 12.5 Å².